The summed E-state index contributed by atoms with van der Waals surface area (Å²) in [4.78, 5) is 43.6. The Hall–Kier alpha value is -3.40. The fraction of sp³-hybridized carbons (Fsp3) is 0.250. The number of hydrogen-bond donors (Lipinski definition) is 1. The normalized spacial score (nSPS) is 20.3. The van der Waals surface area contributed by atoms with Crippen LogP contribution < -0.4 is 0 Å². The van der Waals surface area contributed by atoms with Crippen LogP contribution in [-0.2, 0) is 4.74 Å². The molecule has 0 fully saturated rings. The van der Waals surface area contributed by atoms with Gasteiger partial charge in [0, 0.05) is 6.08 Å². The predicted octanol–water partition coefficient (Wildman–Crippen LogP) is 5.38. The molecule has 0 radical (unpaired) electrons. The number of nitroso groups, excluding NO2 is 4. The molecule has 134 valence electrons. The Kier molecular flexibility index (Phi) is 6.28. The fourth-order valence-electron chi connectivity index (χ4n) is 2.47. The lowest BCUT2D eigenvalue weighted by molar-refractivity contribution is 0.0665. The van der Waals surface area contributed by atoms with Crippen molar-refractivity contribution in [3.8, 4) is 0 Å². The lowest BCUT2D eigenvalue weighted by Crippen LogP contribution is -2.07. The number of allylic oxidation sites excluding steroid dienone is 2. The summed E-state index contributed by atoms with van der Waals surface area (Å²) in [6.07, 6.45) is 2.47. The molecule has 10 heteroatoms. The second kappa shape index (κ2) is 8.62. The summed E-state index contributed by atoms with van der Waals surface area (Å²) in [7, 11) is 0. The van der Waals surface area contributed by atoms with Gasteiger partial charge in [0.25, 0.3) is 0 Å². The van der Waals surface area contributed by atoms with Gasteiger partial charge in [0.2, 0.25) is 0 Å². The molecule has 0 spiro atoms. The third kappa shape index (κ3) is 4.16. The van der Waals surface area contributed by atoms with Gasteiger partial charge < -0.3 is 9.84 Å². The van der Waals surface area contributed by atoms with E-state index in [0.717, 1.165) is 0 Å². The van der Waals surface area contributed by atoms with E-state index in [-0.39, 0.29) is 35.9 Å². The fourth-order valence-corrected chi connectivity index (χ4v) is 2.47. The van der Waals surface area contributed by atoms with Gasteiger partial charge in [-0.3, -0.25) is 0 Å². The summed E-state index contributed by atoms with van der Waals surface area (Å²) >= 11 is 0. The number of aliphatic hydroxyl groups excluding tert-OH is 1. The minimum atomic E-state index is -0.650. The van der Waals surface area contributed by atoms with Gasteiger partial charge in [0.15, 0.2) is 5.69 Å². The van der Waals surface area contributed by atoms with Crippen molar-refractivity contribution in [2.24, 2.45) is 20.7 Å². The first-order valence-electron chi connectivity index (χ1n) is 7.46. The average Bonchev–Trinajstić information content (AvgIpc) is 2.66. The number of ether oxygens (including phenoxy) is 1. The van der Waals surface area contributed by atoms with Crippen LogP contribution in [0.15, 0.2) is 68.6 Å². The van der Waals surface area contributed by atoms with Gasteiger partial charge in [-0.15, -0.1) is 19.6 Å². The molecule has 0 amide bonds. The van der Waals surface area contributed by atoms with E-state index < -0.39 is 11.8 Å². The maximum absolute atomic E-state index is 10.9. The summed E-state index contributed by atoms with van der Waals surface area (Å²) in [6, 6.07) is 2.55. The molecule has 26 heavy (non-hydrogen) atoms. The molecule has 1 N–H and O–H groups in total. The molecule has 1 aliphatic rings. The molecule has 0 saturated carbocycles. The van der Waals surface area contributed by atoms with Gasteiger partial charge in [0.05, 0.1) is 12.7 Å². The molecule has 1 aromatic carbocycles. The van der Waals surface area contributed by atoms with E-state index in [1.165, 1.54) is 24.3 Å². The zero-order valence-corrected chi connectivity index (χ0v) is 13.5. The molecule has 0 saturated heterocycles. The molecule has 0 bridgehead atoms. The Morgan fingerprint density at radius 2 is 1.69 bits per heavy atom. The number of aliphatic hydroxyl groups is 1. The molecule has 0 aromatic heterocycles. The zero-order valence-electron chi connectivity index (χ0n) is 13.5. The molecule has 10 nitrogen and oxygen atoms in total. The summed E-state index contributed by atoms with van der Waals surface area (Å²) in [5.41, 5.74) is -0.363. The second-order valence-electron chi connectivity index (χ2n) is 5.40. The Labute approximate surface area is 147 Å². The van der Waals surface area contributed by atoms with E-state index in [0.29, 0.717) is 17.6 Å². The highest BCUT2D eigenvalue weighted by Crippen LogP contribution is 2.41. The highest BCUT2D eigenvalue weighted by atomic mass is 16.5. The first-order chi connectivity index (χ1) is 12.5. The largest absolute Gasteiger partial charge is 0.508 e. The summed E-state index contributed by atoms with van der Waals surface area (Å²) in [6.45, 7) is 3.73. The number of rotatable bonds is 5. The topological polar surface area (TPSA) is 147 Å². The van der Waals surface area contributed by atoms with E-state index in [1.54, 1.807) is 0 Å². The molecule has 1 aliphatic heterocycles. The highest BCUT2D eigenvalue weighted by molar-refractivity contribution is 5.76. The lowest BCUT2D eigenvalue weighted by Gasteiger charge is -2.19. The van der Waals surface area contributed by atoms with Crippen molar-refractivity contribution in [3.05, 3.63) is 73.1 Å². The smallest absolute Gasteiger partial charge is 0.166 e. The van der Waals surface area contributed by atoms with Crippen molar-refractivity contribution >= 4 is 17.1 Å². The van der Waals surface area contributed by atoms with Crippen LogP contribution in [0.1, 0.15) is 24.5 Å². The van der Waals surface area contributed by atoms with E-state index >= 15 is 0 Å². The van der Waals surface area contributed by atoms with E-state index in [9.17, 15) is 24.7 Å². The quantitative estimate of drug-likeness (QED) is 0.698. The Morgan fingerprint density at radius 1 is 1.04 bits per heavy atom. The van der Waals surface area contributed by atoms with Crippen molar-refractivity contribution in [1.82, 2.24) is 0 Å². The zero-order chi connectivity index (χ0) is 19.1. The SMILES string of the molecule is C=C1CC[C@@H](c2cc(N=O)c(N=O)c(N=O)c2)OC/C=C(/O)C=C1N=O. The van der Waals surface area contributed by atoms with Gasteiger partial charge in [-0.05, 0) is 62.9 Å². The van der Waals surface area contributed by atoms with E-state index in [2.05, 4.69) is 27.3 Å². The van der Waals surface area contributed by atoms with Crippen LogP contribution >= 0.6 is 0 Å². The van der Waals surface area contributed by atoms with Crippen molar-refractivity contribution in [2.75, 3.05) is 6.61 Å². The van der Waals surface area contributed by atoms with Gasteiger partial charge >= 0.3 is 0 Å². The Bertz CT molecular complexity index is 801. The molecule has 1 atom stereocenters. The van der Waals surface area contributed by atoms with Gasteiger partial charge in [-0.2, -0.15) is 0 Å². The third-order valence-corrected chi connectivity index (χ3v) is 3.80. The van der Waals surface area contributed by atoms with Crippen LogP contribution in [-0.4, -0.2) is 11.7 Å². The number of nitrogens with zero attached hydrogens (tertiary/aromatic N) is 4. The van der Waals surface area contributed by atoms with Crippen molar-refractivity contribution in [1.29, 1.82) is 0 Å². The molecule has 2 rings (SSSR count). The predicted molar refractivity (Wildman–Crippen MR) is 94.5 cm³/mol. The van der Waals surface area contributed by atoms with Crippen LogP contribution in [0.5, 0.6) is 0 Å². The van der Waals surface area contributed by atoms with E-state index in [1.807, 2.05) is 0 Å². The minimum Gasteiger partial charge on any atom is -0.508 e. The molecule has 0 unspecified atom stereocenters. The van der Waals surface area contributed by atoms with Crippen molar-refractivity contribution < 1.29 is 9.84 Å². The number of hydrogen-bond acceptors (Lipinski definition) is 10. The summed E-state index contributed by atoms with van der Waals surface area (Å²) < 4.78 is 5.65. The monoisotopic (exact) mass is 358 g/mol. The van der Waals surface area contributed by atoms with E-state index in [4.69, 9.17) is 4.74 Å². The van der Waals surface area contributed by atoms with Crippen LogP contribution in [0.3, 0.4) is 0 Å². The first-order valence-corrected chi connectivity index (χ1v) is 7.46. The summed E-state index contributed by atoms with van der Waals surface area (Å²) in [5, 5.41) is 20.6. The van der Waals surface area contributed by atoms with Crippen LogP contribution in [0.2, 0.25) is 0 Å². The maximum Gasteiger partial charge on any atom is 0.166 e. The maximum atomic E-state index is 10.9. The van der Waals surface area contributed by atoms with Crippen molar-refractivity contribution in [3.63, 3.8) is 0 Å². The molecule has 1 heterocycles. The molecule has 1 aromatic rings. The molecule has 0 aliphatic carbocycles. The number of benzene rings is 1. The summed E-state index contributed by atoms with van der Waals surface area (Å²) in [5.74, 6) is -0.215. The highest BCUT2D eigenvalue weighted by Gasteiger charge is 2.21. The lowest BCUT2D eigenvalue weighted by atomic mass is 9.98. The van der Waals surface area contributed by atoms with Gasteiger partial charge in [-0.25, -0.2) is 0 Å². The van der Waals surface area contributed by atoms with Crippen molar-refractivity contribution in [2.45, 2.75) is 18.9 Å². The van der Waals surface area contributed by atoms with Gasteiger partial charge in [-0.1, -0.05) is 6.58 Å². The molecular weight excluding hydrogens is 344 g/mol. The van der Waals surface area contributed by atoms with Crippen LogP contribution in [0.4, 0.5) is 17.1 Å². The Balaban J connectivity index is 2.42. The van der Waals surface area contributed by atoms with Crippen LogP contribution in [0.25, 0.3) is 0 Å². The first kappa shape index (κ1) is 18.9. The van der Waals surface area contributed by atoms with Gasteiger partial charge in [0.1, 0.15) is 22.8 Å². The second-order valence-corrected chi connectivity index (χ2v) is 5.40. The minimum absolute atomic E-state index is 0.00500. The molecular formula is C16H14N4O6. The average molecular weight is 358 g/mol. The Morgan fingerprint density at radius 3 is 2.23 bits per heavy atom. The standard InChI is InChI=1S/C16H14N4O6/c1-9-2-3-15(26-5-4-11(21)8-12(9)17-22)10-6-13(18-23)16(20-25)14(7-10)19-24/h4,6-8,15,21H,1-3,5H2/b11-4+,12-8?/t15-/m0/s1. The van der Waals surface area contributed by atoms with Crippen LogP contribution in [0, 0.1) is 19.6 Å². The third-order valence-electron chi connectivity index (χ3n) is 3.80.